The highest BCUT2D eigenvalue weighted by molar-refractivity contribution is 6.49. The molecule has 0 aromatic heterocycles. The summed E-state index contributed by atoms with van der Waals surface area (Å²) in [6, 6.07) is 0. The minimum atomic E-state index is -1.18. The SMILES string of the molecule is C=C1C(=O)CN(CCC2CCCCC2)N=C1C(=O)O. The third-order valence-electron chi connectivity index (χ3n) is 3.91. The van der Waals surface area contributed by atoms with Crippen LogP contribution in [0.15, 0.2) is 17.3 Å². The van der Waals surface area contributed by atoms with Gasteiger partial charge in [0.2, 0.25) is 0 Å². The number of carboxylic acids is 1. The van der Waals surface area contributed by atoms with Crippen LogP contribution in [-0.4, -0.2) is 40.7 Å². The molecule has 0 atom stereocenters. The highest BCUT2D eigenvalue weighted by Gasteiger charge is 2.28. The lowest BCUT2D eigenvalue weighted by Gasteiger charge is -2.27. The van der Waals surface area contributed by atoms with E-state index >= 15 is 0 Å². The first-order chi connectivity index (χ1) is 9.08. The molecule has 0 saturated heterocycles. The number of hydrogen-bond acceptors (Lipinski definition) is 4. The molecular formula is C14H20N2O3. The molecule has 1 aliphatic carbocycles. The normalized spacial score (nSPS) is 21.5. The molecule has 1 heterocycles. The van der Waals surface area contributed by atoms with Crippen LogP contribution in [0.1, 0.15) is 38.5 Å². The minimum Gasteiger partial charge on any atom is -0.476 e. The predicted molar refractivity (Wildman–Crippen MR) is 72.0 cm³/mol. The number of carboxylic acid groups (broad SMARTS) is 1. The Morgan fingerprint density at radius 2 is 2.05 bits per heavy atom. The zero-order valence-electron chi connectivity index (χ0n) is 11.1. The first-order valence-electron chi connectivity index (χ1n) is 6.87. The average molecular weight is 264 g/mol. The lowest BCUT2D eigenvalue weighted by molar-refractivity contribution is -0.130. The summed E-state index contributed by atoms with van der Waals surface area (Å²) in [5.74, 6) is -0.728. The molecule has 1 N–H and O–H groups in total. The van der Waals surface area contributed by atoms with Crippen molar-refractivity contribution >= 4 is 17.5 Å². The Bertz CT molecular complexity index is 422. The summed E-state index contributed by atoms with van der Waals surface area (Å²) in [6.45, 7) is 4.30. The molecule has 5 heteroatoms. The zero-order valence-corrected chi connectivity index (χ0v) is 11.1. The average Bonchev–Trinajstić information content (AvgIpc) is 2.41. The minimum absolute atomic E-state index is 0.0152. The molecule has 0 aromatic carbocycles. The van der Waals surface area contributed by atoms with Crippen LogP contribution in [0.5, 0.6) is 0 Å². The fraction of sp³-hybridized carbons (Fsp3) is 0.643. The van der Waals surface area contributed by atoms with E-state index in [1.54, 1.807) is 5.01 Å². The van der Waals surface area contributed by atoms with Crippen molar-refractivity contribution in [3.05, 3.63) is 12.2 Å². The lowest BCUT2D eigenvalue weighted by Crippen LogP contribution is -2.38. The molecule has 5 nitrogen and oxygen atoms in total. The van der Waals surface area contributed by atoms with Gasteiger partial charge in [-0.1, -0.05) is 38.7 Å². The number of rotatable bonds is 4. The predicted octanol–water partition coefficient (Wildman–Crippen LogP) is 1.84. The molecule has 104 valence electrons. The fourth-order valence-corrected chi connectivity index (χ4v) is 2.74. The van der Waals surface area contributed by atoms with Crippen LogP contribution in [0, 0.1) is 5.92 Å². The number of carbonyl (C=O) groups is 2. The monoisotopic (exact) mass is 264 g/mol. The van der Waals surface area contributed by atoms with Crippen molar-refractivity contribution in [3.63, 3.8) is 0 Å². The Kier molecular flexibility index (Phi) is 4.35. The highest BCUT2D eigenvalue weighted by Crippen LogP contribution is 2.26. The van der Waals surface area contributed by atoms with Crippen LogP contribution in [0.2, 0.25) is 0 Å². The Hall–Kier alpha value is -1.65. The van der Waals surface area contributed by atoms with Gasteiger partial charge in [0.1, 0.15) is 0 Å². The molecule has 0 spiro atoms. The Labute approximate surface area is 113 Å². The third-order valence-corrected chi connectivity index (χ3v) is 3.91. The number of Topliss-reactive ketones (excluding diaryl/α,β-unsaturated/α-hetero) is 1. The maximum Gasteiger partial charge on any atom is 0.357 e. The summed E-state index contributed by atoms with van der Waals surface area (Å²) in [5, 5.41) is 14.6. The van der Waals surface area contributed by atoms with Crippen molar-refractivity contribution in [1.29, 1.82) is 0 Å². The van der Waals surface area contributed by atoms with Crippen LogP contribution >= 0.6 is 0 Å². The molecule has 2 rings (SSSR count). The first kappa shape index (κ1) is 13.8. The lowest BCUT2D eigenvalue weighted by atomic mass is 9.87. The van der Waals surface area contributed by atoms with E-state index in [1.165, 1.54) is 32.1 Å². The van der Waals surface area contributed by atoms with Gasteiger partial charge >= 0.3 is 5.97 Å². The third kappa shape index (κ3) is 3.43. The van der Waals surface area contributed by atoms with Crippen LogP contribution < -0.4 is 0 Å². The van der Waals surface area contributed by atoms with Gasteiger partial charge in [-0.2, -0.15) is 5.10 Å². The molecule has 0 bridgehead atoms. The molecule has 19 heavy (non-hydrogen) atoms. The van der Waals surface area contributed by atoms with E-state index < -0.39 is 5.97 Å². The zero-order chi connectivity index (χ0) is 13.8. The maximum absolute atomic E-state index is 11.7. The van der Waals surface area contributed by atoms with E-state index in [4.69, 9.17) is 5.11 Å². The number of nitrogens with zero attached hydrogens (tertiary/aromatic N) is 2. The van der Waals surface area contributed by atoms with Gasteiger partial charge in [-0.25, -0.2) is 4.79 Å². The van der Waals surface area contributed by atoms with Gasteiger partial charge in [-0.15, -0.1) is 0 Å². The summed E-state index contributed by atoms with van der Waals surface area (Å²) in [6.07, 6.45) is 7.35. The highest BCUT2D eigenvalue weighted by atomic mass is 16.4. The van der Waals surface area contributed by atoms with Crippen molar-refractivity contribution in [1.82, 2.24) is 5.01 Å². The summed E-state index contributed by atoms with van der Waals surface area (Å²) >= 11 is 0. The van der Waals surface area contributed by atoms with Gasteiger partial charge in [0.25, 0.3) is 0 Å². The molecular weight excluding hydrogens is 244 g/mol. The second-order valence-corrected chi connectivity index (χ2v) is 5.34. The van der Waals surface area contributed by atoms with Gasteiger partial charge in [-0.05, 0) is 12.3 Å². The Morgan fingerprint density at radius 3 is 2.68 bits per heavy atom. The molecule has 0 radical (unpaired) electrons. The summed E-state index contributed by atoms with van der Waals surface area (Å²) in [7, 11) is 0. The van der Waals surface area contributed by atoms with Crippen molar-refractivity contribution in [2.75, 3.05) is 13.1 Å². The van der Waals surface area contributed by atoms with E-state index in [2.05, 4.69) is 11.7 Å². The smallest absolute Gasteiger partial charge is 0.357 e. The second kappa shape index (κ2) is 5.99. The Morgan fingerprint density at radius 1 is 1.37 bits per heavy atom. The first-order valence-corrected chi connectivity index (χ1v) is 6.87. The van der Waals surface area contributed by atoms with Crippen LogP contribution in [0.4, 0.5) is 0 Å². The van der Waals surface area contributed by atoms with Gasteiger partial charge in [-0.3, -0.25) is 9.80 Å². The number of aliphatic carboxylic acids is 1. The molecule has 0 amide bonds. The van der Waals surface area contributed by atoms with E-state index in [0.29, 0.717) is 12.5 Å². The second-order valence-electron chi connectivity index (χ2n) is 5.34. The number of carbonyl (C=O) groups excluding carboxylic acids is 1. The summed E-state index contributed by atoms with van der Waals surface area (Å²) in [4.78, 5) is 22.7. The maximum atomic E-state index is 11.7. The van der Waals surface area contributed by atoms with Gasteiger partial charge in [0, 0.05) is 12.1 Å². The van der Waals surface area contributed by atoms with Crippen molar-refractivity contribution in [2.45, 2.75) is 38.5 Å². The fourth-order valence-electron chi connectivity index (χ4n) is 2.74. The van der Waals surface area contributed by atoms with E-state index in [1.807, 2.05) is 0 Å². The standard InChI is InChI=1S/C14H20N2O3/c1-10-12(17)9-16(15-13(10)14(18)19)8-7-11-5-3-2-4-6-11/h11H,1-9H2,(H,18,19). The summed E-state index contributed by atoms with van der Waals surface area (Å²) < 4.78 is 0. The van der Waals surface area contributed by atoms with Gasteiger partial charge < -0.3 is 5.11 Å². The largest absolute Gasteiger partial charge is 0.476 e. The quantitative estimate of drug-likeness (QED) is 0.786. The van der Waals surface area contributed by atoms with Crippen LogP contribution in [0.25, 0.3) is 0 Å². The van der Waals surface area contributed by atoms with Crippen molar-refractivity contribution in [3.8, 4) is 0 Å². The topological polar surface area (TPSA) is 70.0 Å². The molecule has 0 aromatic rings. The van der Waals surface area contributed by atoms with Gasteiger partial charge in [0.05, 0.1) is 6.54 Å². The van der Waals surface area contributed by atoms with Crippen molar-refractivity contribution in [2.24, 2.45) is 11.0 Å². The molecule has 1 fully saturated rings. The summed E-state index contributed by atoms with van der Waals surface area (Å²) in [5.41, 5.74) is -0.193. The van der Waals surface area contributed by atoms with E-state index in [9.17, 15) is 9.59 Å². The molecule has 1 aliphatic heterocycles. The van der Waals surface area contributed by atoms with Crippen molar-refractivity contribution < 1.29 is 14.7 Å². The van der Waals surface area contributed by atoms with E-state index in [-0.39, 0.29) is 23.6 Å². The molecule has 1 saturated carbocycles. The van der Waals surface area contributed by atoms with Gasteiger partial charge in [0.15, 0.2) is 11.5 Å². The van der Waals surface area contributed by atoms with E-state index in [0.717, 1.165) is 6.42 Å². The number of ketones is 1. The van der Waals surface area contributed by atoms with Crippen LogP contribution in [-0.2, 0) is 9.59 Å². The number of hydrogen-bond donors (Lipinski definition) is 1. The molecule has 0 unspecified atom stereocenters. The Balaban J connectivity index is 1.94. The number of hydrazone groups is 1. The van der Waals surface area contributed by atoms with Crippen LogP contribution in [0.3, 0.4) is 0 Å². The molecule has 2 aliphatic rings.